The largest absolute Gasteiger partial charge is 0.491 e. The van der Waals surface area contributed by atoms with Crippen LogP contribution in [-0.4, -0.2) is 18.8 Å². The number of hydrogen-bond acceptors (Lipinski definition) is 2. The highest BCUT2D eigenvalue weighted by molar-refractivity contribution is 14.1. The molecule has 1 aromatic rings. The van der Waals surface area contributed by atoms with E-state index >= 15 is 0 Å². The van der Waals surface area contributed by atoms with Gasteiger partial charge in [0, 0.05) is 3.57 Å². The topological polar surface area (TPSA) is 21.8 Å². The standard InChI is InChI=1S/C10H11IO2/c1-10(7-13-10)6-12-9-4-2-8(11)3-5-9/h2-5H,6-7H2,1H3. The Morgan fingerprint density at radius 2 is 2.08 bits per heavy atom. The summed E-state index contributed by atoms with van der Waals surface area (Å²) in [5.41, 5.74) is -0.0248. The first-order chi connectivity index (χ1) is 6.18. The maximum absolute atomic E-state index is 5.56. The second-order valence-electron chi connectivity index (χ2n) is 3.48. The van der Waals surface area contributed by atoms with Gasteiger partial charge in [0.15, 0.2) is 0 Å². The molecule has 0 bridgehead atoms. The van der Waals surface area contributed by atoms with Gasteiger partial charge in [0.25, 0.3) is 0 Å². The van der Waals surface area contributed by atoms with Crippen LogP contribution >= 0.6 is 22.6 Å². The monoisotopic (exact) mass is 290 g/mol. The summed E-state index contributed by atoms with van der Waals surface area (Å²) in [4.78, 5) is 0. The fourth-order valence-corrected chi connectivity index (χ4v) is 1.33. The van der Waals surface area contributed by atoms with Gasteiger partial charge in [0.1, 0.15) is 18.0 Å². The Morgan fingerprint density at radius 3 is 2.62 bits per heavy atom. The number of benzene rings is 1. The summed E-state index contributed by atoms with van der Waals surface area (Å²) in [7, 11) is 0. The van der Waals surface area contributed by atoms with Crippen molar-refractivity contribution in [3.63, 3.8) is 0 Å². The van der Waals surface area contributed by atoms with E-state index in [4.69, 9.17) is 9.47 Å². The summed E-state index contributed by atoms with van der Waals surface area (Å²) in [5.74, 6) is 0.914. The number of hydrogen-bond donors (Lipinski definition) is 0. The van der Waals surface area contributed by atoms with Gasteiger partial charge in [-0.2, -0.15) is 0 Å². The first kappa shape index (κ1) is 9.27. The van der Waals surface area contributed by atoms with Crippen molar-refractivity contribution in [2.24, 2.45) is 0 Å². The molecule has 70 valence electrons. The lowest BCUT2D eigenvalue weighted by Gasteiger charge is -2.08. The van der Waals surface area contributed by atoms with Crippen LogP contribution in [0.2, 0.25) is 0 Å². The Hall–Kier alpha value is -0.290. The molecule has 0 amide bonds. The summed E-state index contributed by atoms with van der Waals surface area (Å²) in [6.45, 7) is 3.52. The van der Waals surface area contributed by atoms with E-state index in [0.29, 0.717) is 6.61 Å². The number of rotatable bonds is 3. The molecule has 0 N–H and O–H groups in total. The van der Waals surface area contributed by atoms with Gasteiger partial charge in [-0.1, -0.05) is 0 Å². The van der Waals surface area contributed by atoms with Crippen LogP contribution in [0.25, 0.3) is 0 Å². The van der Waals surface area contributed by atoms with Crippen LogP contribution in [0.4, 0.5) is 0 Å². The van der Waals surface area contributed by atoms with Crippen LogP contribution in [0.5, 0.6) is 5.75 Å². The van der Waals surface area contributed by atoms with Crippen LogP contribution < -0.4 is 4.74 Å². The van der Waals surface area contributed by atoms with E-state index in [-0.39, 0.29) is 5.60 Å². The predicted octanol–water partition coefficient (Wildman–Crippen LogP) is 2.46. The Balaban J connectivity index is 1.91. The average molecular weight is 290 g/mol. The fraction of sp³-hybridized carbons (Fsp3) is 0.400. The minimum Gasteiger partial charge on any atom is -0.491 e. The molecule has 1 heterocycles. The number of halogens is 1. The molecule has 0 aliphatic carbocycles. The second kappa shape index (κ2) is 3.46. The second-order valence-corrected chi connectivity index (χ2v) is 4.73. The summed E-state index contributed by atoms with van der Waals surface area (Å²) < 4.78 is 12.0. The van der Waals surface area contributed by atoms with Crippen LogP contribution in [-0.2, 0) is 4.74 Å². The molecule has 1 fully saturated rings. The first-order valence-corrected chi connectivity index (χ1v) is 5.28. The van der Waals surface area contributed by atoms with Gasteiger partial charge in [-0.3, -0.25) is 0 Å². The minimum atomic E-state index is -0.0248. The normalized spacial score (nSPS) is 25.7. The molecule has 2 nitrogen and oxygen atoms in total. The van der Waals surface area contributed by atoms with Gasteiger partial charge >= 0.3 is 0 Å². The van der Waals surface area contributed by atoms with Gasteiger partial charge in [-0.25, -0.2) is 0 Å². The third kappa shape index (κ3) is 2.57. The van der Waals surface area contributed by atoms with E-state index in [0.717, 1.165) is 12.4 Å². The van der Waals surface area contributed by atoms with E-state index in [1.165, 1.54) is 3.57 Å². The lowest BCUT2D eigenvalue weighted by Crippen LogP contribution is -2.16. The molecular weight excluding hydrogens is 279 g/mol. The van der Waals surface area contributed by atoms with Gasteiger partial charge < -0.3 is 9.47 Å². The zero-order valence-electron chi connectivity index (χ0n) is 7.42. The van der Waals surface area contributed by atoms with E-state index in [1.807, 2.05) is 24.3 Å². The SMILES string of the molecule is CC1(COc2ccc(I)cc2)CO1. The lowest BCUT2D eigenvalue weighted by atomic mass is 10.2. The van der Waals surface area contributed by atoms with E-state index in [2.05, 4.69) is 29.5 Å². The summed E-state index contributed by atoms with van der Waals surface area (Å²) >= 11 is 2.27. The zero-order valence-corrected chi connectivity index (χ0v) is 9.58. The molecule has 0 radical (unpaired) electrons. The summed E-state index contributed by atoms with van der Waals surface area (Å²) in [5, 5.41) is 0. The Kier molecular flexibility index (Phi) is 2.47. The molecule has 13 heavy (non-hydrogen) atoms. The number of epoxide rings is 1. The molecule has 1 aliphatic rings. The van der Waals surface area contributed by atoms with Crippen LogP contribution in [0.3, 0.4) is 0 Å². The third-order valence-corrected chi connectivity index (χ3v) is 2.71. The fourth-order valence-electron chi connectivity index (χ4n) is 0.973. The molecule has 1 aromatic carbocycles. The van der Waals surface area contributed by atoms with Crippen molar-refractivity contribution < 1.29 is 9.47 Å². The van der Waals surface area contributed by atoms with Gasteiger partial charge in [-0.05, 0) is 53.8 Å². The van der Waals surface area contributed by atoms with Crippen molar-refractivity contribution in [1.29, 1.82) is 0 Å². The summed E-state index contributed by atoms with van der Waals surface area (Å²) in [6, 6.07) is 8.03. The van der Waals surface area contributed by atoms with E-state index in [1.54, 1.807) is 0 Å². The molecule has 0 saturated carbocycles. The van der Waals surface area contributed by atoms with Crippen molar-refractivity contribution in [3.8, 4) is 5.75 Å². The lowest BCUT2D eigenvalue weighted by molar-refractivity contribution is 0.202. The summed E-state index contributed by atoms with van der Waals surface area (Å²) in [6.07, 6.45) is 0. The molecule has 1 unspecified atom stereocenters. The highest BCUT2D eigenvalue weighted by atomic mass is 127. The molecular formula is C10H11IO2. The molecule has 3 heteroatoms. The van der Waals surface area contributed by atoms with Crippen molar-refractivity contribution >= 4 is 22.6 Å². The molecule has 1 aliphatic heterocycles. The van der Waals surface area contributed by atoms with Gasteiger partial charge in [0.05, 0.1) is 6.61 Å². The van der Waals surface area contributed by atoms with Crippen LogP contribution in [0, 0.1) is 3.57 Å². The molecule has 1 atom stereocenters. The van der Waals surface area contributed by atoms with Gasteiger partial charge in [0.2, 0.25) is 0 Å². The average Bonchev–Trinajstić information content (AvgIpc) is 2.84. The van der Waals surface area contributed by atoms with E-state index < -0.39 is 0 Å². The maximum atomic E-state index is 5.56. The predicted molar refractivity (Wildman–Crippen MR) is 59.0 cm³/mol. The van der Waals surface area contributed by atoms with Crippen LogP contribution in [0.1, 0.15) is 6.92 Å². The smallest absolute Gasteiger partial charge is 0.123 e. The van der Waals surface area contributed by atoms with Gasteiger partial charge in [-0.15, -0.1) is 0 Å². The van der Waals surface area contributed by atoms with E-state index in [9.17, 15) is 0 Å². The quantitative estimate of drug-likeness (QED) is 0.630. The molecule has 0 spiro atoms. The minimum absolute atomic E-state index is 0.0248. The van der Waals surface area contributed by atoms with Crippen molar-refractivity contribution in [2.45, 2.75) is 12.5 Å². The highest BCUT2D eigenvalue weighted by Gasteiger charge is 2.40. The number of ether oxygens (including phenoxy) is 2. The Bertz CT molecular complexity index is 290. The van der Waals surface area contributed by atoms with Crippen molar-refractivity contribution in [1.82, 2.24) is 0 Å². The highest BCUT2D eigenvalue weighted by Crippen LogP contribution is 2.26. The first-order valence-electron chi connectivity index (χ1n) is 4.20. The molecule has 0 aromatic heterocycles. The van der Waals surface area contributed by atoms with Crippen molar-refractivity contribution in [3.05, 3.63) is 27.8 Å². The van der Waals surface area contributed by atoms with Crippen molar-refractivity contribution in [2.75, 3.05) is 13.2 Å². The maximum Gasteiger partial charge on any atom is 0.123 e. The van der Waals surface area contributed by atoms with Crippen LogP contribution in [0.15, 0.2) is 24.3 Å². The Morgan fingerprint density at radius 1 is 1.46 bits per heavy atom. The Labute approximate surface area is 91.4 Å². The zero-order chi connectivity index (χ0) is 9.31. The third-order valence-electron chi connectivity index (χ3n) is 1.99. The molecule has 1 saturated heterocycles. The molecule has 2 rings (SSSR count).